The zero-order valence-electron chi connectivity index (χ0n) is 13.6. The van der Waals surface area contributed by atoms with Gasteiger partial charge in [0.1, 0.15) is 5.82 Å². The minimum Gasteiger partial charge on any atom is -0.325 e. The molecule has 1 aliphatic carbocycles. The van der Waals surface area contributed by atoms with Gasteiger partial charge in [-0.25, -0.2) is 9.07 Å². The topological polar surface area (TPSA) is 72.7 Å². The lowest BCUT2D eigenvalue weighted by molar-refractivity contribution is -0.118. The molecule has 0 unspecified atom stereocenters. The molecule has 0 spiro atoms. The van der Waals surface area contributed by atoms with Crippen molar-refractivity contribution in [2.24, 2.45) is 7.05 Å². The minimum absolute atomic E-state index is 0.0765. The first-order valence-corrected chi connectivity index (χ1v) is 7.99. The number of anilines is 1. The molecule has 0 radical (unpaired) electrons. The first-order valence-electron chi connectivity index (χ1n) is 7.99. The molecule has 126 valence electrons. The van der Waals surface area contributed by atoms with E-state index in [1.807, 2.05) is 24.3 Å². The van der Waals surface area contributed by atoms with Crippen LogP contribution in [0.1, 0.15) is 18.4 Å². The van der Waals surface area contributed by atoms with Crippen LogP contribution in [0.25, 0.3) is 11.4 Å². The highest BCUT2D eigenvalue weighted by molar-refractivity contribution is 6.01. The summed E-state index contributed by atoms with van der Waals surface area (Å²) in [6, 6.07) is 13.5. The first-order chi connectivity index (χ1) is 12.1. The predicted octanol–water partition coefficient (Wildman–Crippen LogP) is 2.69. The van der Waals surface area contributed by atoms with E-state index in [-0.39, 0.29) is 11.7 Å². The fourth-order valence-electron chi connectivity index (χ4n) is 3.00. The molecule has 1 aliphatic rings. The molecule has 1 amide bonds. The van der Waals surface area contributed by atoms with Gasteiger partial charge in [0, 0.05) is 18.3 Å². The summed E-state index contributed by atoms with van der Waals surface area (Å²) >= 11 is 0. The third-order valence-electron chi connectivity index (χ3n) is 4.58. The summed E-state index contributed by atoms with van der Waals surface area (Å²) in [7, 11) is 1.76. The lowest BCUT2D eigenvalue weighted by Gasteiger charge is -2.16. The molecule has 1 aromatic heterocycles. The Hall–Kier alpha value is -3.09. The van der Waals surface area contributed by atoms with Gasteiger partial charge in [-0.3, -0.25) is 4.79 Å². The molecule has 0 atom stereocenters. The maximum Gasteiger partial charge on any atom is 0.235 e. The van der Waals surface area contributed by atoms with Gasteiger partial charge in [0.25, 0.3) is 0 Å². The van der Waals surface area contributed by atoms with E-state index in [1.165, 1.54) is 12.1 Å². The molecule has 3 aromatic rings. The summed E-state index contributed by atoms with van der Waals surface area (Å²) in [5.74, 6) is 0.244. The Morgan fingerprint density at radius 1 is 1.20 bits per heavy atom. The molecular weight excluding hydrogens is 321 g/mol. The van der Waals surface area contributed by atoms with E-state index >= 15 is 0 Å². The van der Waals surface area contributed by atoms with E-state index in [1.54, 1.807) is 23.9 Å². The second-order valence-corrected chi connectivity index (χ2v) is 6.25. The van der Waals surface area contributed by atoms with Crippen LogP contribution >= 0.6 is 0 Å². The summed E-state index contributed by atoms with van der Waals surface area (Å²) in [6.07, 6.45) is 1.52. The molecule has 0 bridgehead atoms. The van der Waals surface area contributed by atoms with Crippen molar-refractivity contribution in [3.8, 4) is 11.4 Å². The van der Waals surface area contributed by atoms with Crippen LogP contribution in [-0.4, -0.2) is 26.1 Å². The van der Waals surface area contributed by atoms with E-state index in [4.69, 9.17) is 0 Å². The highest BCUT2D eigenvalue weighted by Gasteiger charge is 2.51. The van der Waals surface area contributed by atoms with Crippen LogP contribution in [0, 0.1) is 5.82 Å². The van der Waals surface area contributed by atoms with E-state index < -0.39 is 5.41 Å². The summed E-state index contributed by atoms with van der Waals surface area (Å²) in [4.78, 5) is 12.8. The number of hydrogen-bond donors (Lipinski definition) is 1. The third-order valence-corrected chi connectivity index (χ3v) is 4.58. The van der Waals surface area contributed by atoms with Gasteiger partial charge >= 0.3 is 0 Å². The number of amides is 1. The van der Waals surface area contributed by atoms with E-state index in [9.17, 15) is 9.18 Å². The number of rotatable bonds is 4. The van der Waals surface area contributed by atoms with E-state index in [0.717, 1.165) is 24.0 Å². The first kappa shape index (κ1) is 15.4. The van der Waals surface area contributed by atoms with Crippen LogP contribution in [0.2, 0.25) is 0 Å². The van der Waals surface area contributed by atoms with Crippen molar-refractivity contribution in [3.63, 3.8) is 0 Å². The maximum atomic E-state index is 13.1. The zero-order valence-corrected chi connectivity index (χ0v) is 13.6. The largest absolute Gasteiger partial charge is 0.325 e. The zero-order chi connectivity index (χ0) is 17.4. The summed E-state index contributed by atoms with van der Waals surface area (Å²) in [6.45, 7) is 0. The Balaban J connectivity index is 1.57. The van der Waals surface area contributed by atoms with Crippen LogP contribution in [0.5, 0.6) is 0 Å². The molecule has 25 heavy (non-hydrogen) atoms. The van der Waals surface area contributed by atoms with Crippen molar-refractivity contribution in [1.82, 2.24) is 20.2 Å². The third kappa shape index (κ3) is 2.77. The highest BCUT2D eigenvalue weighted by Crippen LogP contribution is 2.49. The summed E-state index contributed by atoms with van der Waals surface area (Å²) in [5.41, 5.74) is 1.78. The highest BCUT2D eigenvalue weighted by atomic mass is 19.1. The number of aromatic nitrogens is 4. The molecule has 7 heteroatoms. The van der Waals surface area contributed by atoms with Crippen molar-refractivity contribution in [2.75, 3.05) is 5.32 Å². The van der Waals surface area contributed by atoms with Crippen molar-refractivity contribution in [1.29, 1.82) is 0 Å². The Morgan fingerprint density at radius 2 is 1.96 bits per heavy atom. The Bertz CT molecular complexity index is 931. The van der Waals surface area contributed by atoms with Gasteiger partial charge < -0.3 is 5.32 Å². The molecule has 2 aromatic carbocycles. The fourth-order valence-corrected chi connectivity index (χ4v) is 3.00. The molecule has 6 nitrogen and oxygen atoms in total. The van der Waals surface area contributed by atoms with Crippen molar-refractivity contribution in [2.45, 2.75) is 18.3 Å². The average molecular weight is 337 g/mol. The van der Waals surface area contributed by atoms with Gasteiger partial charge in [-0.2, -0.15) is 0 Å². The van der Waals surface area contributed by atoms with Gasteiger partial charge in [-0.15, -0.1) is 5.10 Å². The monoisotopic (exact) mass is 337 g/mol. The number of hydrogen-bond acceptors (Lipinski definition) is 4. The number of nitrogens with zero attached hydrogens (tertiary/aromatic N) is 4. The number of benzene rings is 2. The Morgan fingerprint density at radius 3 is 2.60 bits per heavy atom. The maximum absolute atomic E-state index is 13.1. The number of aryl methyl sites for hydroxylation is 1. The van der Waals surface area contributed by atoms with Crippen LogP contribution in [0.15, 0.2) is 48.5 Å². The van der Waals surface area contributed by atoms with Crippen LogP contribution in [0.3, 0.4) is 0 Å². The van der Waals surface area contributed by atoms with Crippen LogP contribution in [0.4, 0.5) is 10.1 Å². The molecule has 1 N–H and O–H groups in total. The van der Waals surface area contributed by atoms with Gasteiger partial charge in [0.15, 0.2) is 5.82 Å². The standard InChI is InChI=1S/C18H16FN5O/c1-24-16(21-22-23-24)12-3-2-4-15(11-12)20-17(25)18(9-10-18)13-5-7-14(19)8-6-13/h2-8,11H,9-10H2,1H3,(H,20,25). The number of carbonyl (C=O) groups is 1. The normalized spacial score (nSPS) is 15.0. The SMILES string of the molecule is Cn1nnnc1-c1cccc(NC(=O)C2(c3ccc(F)cc3)CC2)c1. The summed E-state index contributed by atoms with van der Waals surface area (Å²) in [5, 5.41) is 14.4. The second-order valence-electron chi connectivity index (χ2n) is 6.25. The summed E-state index contributed by atoms with van der Waals surface area (Å²) < 4.78 is 14.7. The number of carbonyl (C=O) groups excluding carboxylic acids is 1. The molecular formula is C18H16FN5O. The molecule has 1 saturated carbocycles. The molecule has 0 aliphatic heterocycles. The van der Waals surface area contributed by atoms with Gasteiger partial charge in [0.05, 0.1) is 5.41 Å². The molecule has 1 heterocycles. The number of tetrazole rings is 1. The van der Waals surface area contributed by atoms with Gasteiger partial charge in [-0.05, 0) is 53.1 Å². The lowest BCUT2D eigenvalue weighted by atomic mass is 9.95. The number of nitrogens with one attached hydrogen (secondary N) is 1. The number of halogens is 1. The molecule has 1 fully saturated rings. The average Bonchev–Trinajstić information content (AvgIpc) is 3.31. The second kappa shape index (κ2) is 5.77. The quantitative estimate of drug-likeness (QED) is 0.794. The van der Waals surface area contributed by atoms with Crippen molar-refractivity contribution >= 4 is 11.6 Å². The van der Waals surface area contributed by atoms with E-state index in [0.29, 0.717) is 11.5 Å². The van der Waals surface area contributed by atoms with Crippen LogP contribution < -0.4 is 5.32 Å². The Kier molecular flexibility index (Phi) is 3.56. The fraction of sp³-hybridized carbons (Fsp3) is 0.222. The van der Waals surface area contributed by atoms with Gasteiger partial charge in [-0.1, -0.05) is 24.3 Å². The van der Waals surface area contributed by atoms with Crippen molar-refractivity contribution in [3.05, 3.63) is 59.9 Å². The smallest absolute Gasteiger partial charge is 0.235 e. The molecule has 4 rings (SSSR count). The van der Waals surface area contributed by atoms with E-state index in [2.05, 4.69) is 20.8 Å². The minimum atomic E-state index is -0.559. The Labute approximate surface area is 143 Å². The lowest BCUT2D eigenvalue weighted by Crippen LogP contribution is -2.27. The molecule has 0 saturated heterocycles. The van der Waals surface area contributed by atoms with Gasteiger partial charge in [0.2, 0.25) is 5.91 Å². The van der Waals surface area contributed by atoms with Crippen LogP contribution in [-0.2, 0) is 17.3 Å². The van der Waals surface area contributed by atoms with Crippen molar-refractivity contribution < 1.29 is 9.18 Å². The predicted molar refractivity (Wildman–Crippen MR) is 90.2 cm³/mol.